The third kappa shape index (κ3) is 3.94. The normalized spacial score (nSPS) is 12.5. The Hall–Kier alpha value is -2.51. The van der Waals surface area contributed by atoms with E-state index in [0.717, 1.165) is 21.3 Å². The molecule has 2 aromatic carbocycles. The summed E-state index contributed by atoms with van der Waals surface area (Å²) in [5.41, 5.74) is 3.49. The van der Waals surface area contributed by atoms with E-state index >= 15 is 0 Å². The van der Waals surface area contributed by atoms with E-state index in [4.69, 9.17) is 0 Å². The standard InChI is InChI=1S/C20H20N2O3S2/c1-5-10-22-17-9-8-16(27(4,24)25)12-18(17)26-20(22)21-19(23)15-7-6-13(2)14(3)11-15/h5-9,11-12H,1,10H2,2-4H3. The molecule has 0 bridgehead atoms. The van der Waals surface area contributed by atoms with E-state index in [-0.39, 0.29) is 10.8 Å². The third-order valence-corrected chi connectivity index (χ3v) is 6.50. The average molecular weight is 401 g/mol. The molecule has 0 saturated carbocycles. The van der Waals surface area contributed by atoms with Crippen LogP contribution in [0.15, 0.2) is 58.9 Å². The van der Waals surface area contributed by atoms with Crippen molar-refractivity contribution in [2.24, 2.45) is 4.99 Å². The lowest BCUT2D eigenvalue weighted by atomic mass is 10.1. The van der Waals surface area contributed by atoms with Crippen molar-refractivity contribution in [2.75, 3.05) is 6.26 Å². The molecule has 140 valence electrons. The number of amides is 1. The number of nitrogens with zero attached hydrogens (tertiary/aromatic N) is 2. The van der Waals surface area contributed by atoms with Crippen molar-refractivity contribution < 1.29 is 13.2 Å². The van der Waals surface area contributed by atoms with Gasteiger partial charge in [-0.2, -0.15) is 4.99 Å². The predicted octanol–water partition coefficient (Wildman–Crippen LogP) is 3.65. The predicted molar refractivity (Wildman–Crippen MR) is 109 cm³/mol. The van der Waals surface area contributed by atoms with Crippen LogP contribution < -0.4 is 4.80 Å². The highest BCUT2D eigenvalue weighted by atomic mass is 32.2. The Balaban J connectivity index is 2.18. The Morgan fingerprint density at radius 1 is 1.19 bits per heavy atom. The highest BCUT2D eigenvalue weighted by Gasteiger charge is 2.13. The fourth-order valence-corrected chi connectivity index (χ4v) is 4.50. The number of hydrogen-bond acceptors (Lipinski definition) is 4. The van der Waals surface area contributed by atoms with Crippen LogP contribution in [0.4, 0.5) is 0 Å². The number of thiazole rings is 1. The van der Waals surface area contributed by atoms with Crippen molar-refractivity contribution >= 4 is 37.3 Å². The maximum atomic E-state index is 12.6. The lowest BCUT2D eigenvalue weighted by Crippen LogP contribution is -2.16. The molecule has 0 radical (unpaired) electrons. The van der Waals surface area contributed by atoms with Gasteiger partial charge in [0.05, 0.1) is 15.1 Å². The van der Waals surface area contributed by atoms with Crippen molar-refractivity contribution in [3.8, 4) is 0 Å². The Bertz CT molecular complexity index is 1230. The third-order valence-electron chi connectivity index (χ3n) is 4.35. The quantitative estimate of drug-likeness (QED) is 0.628. The van der Waals surface area contributed by atoms with Gasteiger partial charge in [0, 0.05) is 18.4 Å². The maximum Gasteiger partial charge on any atom is 0.279 e. The van der Waals surface area contributed by atoms with E-state index in [0.29, 0.717) is 16.9 Å². The molecule has 1 heterocycles. The lowest BCUT2D eigenvalue weighted by molar-refractivity contribution is 0.0998. The number of aromatic nitrogens is 1. The molecule has 27 heavy (non-hydrogen) atoms. The topological polar surface area (TPSA) is 68.5 Å². The summed E-state index contributed by atoms with van der Waals surface area (Å²) in [7, 11) is -3.31. The second-order valence-electron chi connectivity index (χ2n) is 6.40. The number of carbonyl (C=O) groups is 1. The molecule has 3 aromatic rings. The van der Waals surface area contributed by atoms with E-state index < -0.39 is 9.84 Å². The van der Waals surface area contributed by atoms with Crippen LogP contribution >= 0.6 is 11.3 Å². The van der Waals surface area contributed by atoms with Crippen LogP contribution in [-0.2, 0) is 16.4 Å². The first-order chi connectivity index (χ1) is 12.7. The van der Waals surface area contributed by atoms with Crippen LogP contribution in [0.5, 0.6) is 0 Å². The average Bonchev–Trinajstić information content (AvgIpc) is 2.93. The molecule has 5 nitrogen and oxygen atoms in total. The van der Waals surface area contributed by atoms with Crippen molar-refractivity contribution in [2.45, 2.75) is 25.3 Å². The van der Waals surface area contributed by atoms with Gasteiger partial charge in [-0.15, -0.1) is 6.58 Å². The summed E-state index contributed by atoms with van der Waals surface area (Å²) < 4.78 is 26.3. The van der Waals surface area contributed by atoms with Crippen LogP contribution in [0.3, 0.4) is 0 Å². The minimum atomic E-state index is -3.31. The minimum Gasteiger partial charge on any atom is -0.312 e. The van der Waals surface area contributed by atoms with Crippen molar-refractivity contribution in [3.63, 3.8) is 0 Å². The molecule has 0 unspecified atom stereocenters. The van der Waals surface area contributed by atoms with Crippen LogP contribution in [0, 0.1) is 13.8 Å². The summed E-state index contributed by atoms with van der Waals surface area (Å²) in [4.78, 5) is 17.7. The van der Waals surface area contributed by atoms with E-state index in [1.165, 1.54) is 17.6 Å². The smallest absolute Gasteiger partial charge is 0.279 e. The van der Waals surface area contributed by atoms with Gasteiger partial charge in [0.1, 0.15) is 0 Å². The first-order valence-electron chi connectivity index (χ1n) is 8.31. The van der Waals surface area contributed by atoms with Gasteiger partial charge in [-0.05, 0) is 55.3 Å². The fraction of sp³-hybridized carbons (Fsp3) is 0.200. The Labute approximate surface area is 162 Å². The zero-order chi connectivity index (χ0) is 19.8. The summed E-state index contributed by atoms with van der Waals surface area (Å²) in [6.45, 7) is 8.17. The lowest BCUT2D eigenvalue weighted by Gasteiger charge is -2.03. The molecule has 0 atom stereocenters. The molecular weight excluding hydrogens is 380 g/mol. The van der Waals surface area contributed by atoms with Gasteiger partial charge in [0.2, 0.25) is 0 Å². The molecule has 0 fully saturated rings. The molecule has 7 heteroatoms. The molecule has 3 rings (SSSR count). The van der Waals surface area contributed by atoms with Crippen molar-refractivity contribution in [1.29, 1.82) is 0 Å². The van der Waals surface area contributed by atoms with Gasteiger partial charge in [0.25, 0.3) is 5.91 Å². The first-order valence-corrected chi connectivity index (χ1v) is 11.0. The zero-order valence-corrected chi connectivity index (χ0v) is 17.0. The number of benzene rings is 2. The molecule has 1 amide bonds. The Morgan fingerprint density at radius 3 is 2.56 bits per heavy atom. The molecule has 1 aromatic heterocycles. The van der Waals surface area contributed by atoms with Gasteiger partial charge in [-0.1, -0.05) is 23.5 Å². The SMILES string of the molecule is C=CCn1c(=NC(=O)c2ccc(C)c(C)c2)sc2cc(S(C)(=O)=O)ccc21. The van der Waals surface area contributed by atoms with Crippen LogP contribution in [0.25, 0.3) is 10.2 Å². The van der Waals surface area contributed by atoms with Crippen molar-refractivity contribution in [1.82, 2.24) is 4.57 Å². The van der Waals surface area contributed by atoms with Gasteiger partial charge < -0.3 is 4.57 Å². The van der Waals surface area contributed by atoms with Gasteiger partial charge in [0.15, 0.2) is 14.6 Å². The Morgan fingerprint density at radius 2 is 1.93 bits per heavy atom. The highest BCUT2D eigenvalue weighted by Crippen LogP contribution is 2.22. The van der Waals surface area contributed by atoms with Crippen molar-refractivity contribution in [3.05, 3.63) is 70.5 Å². The molecule has 0 aliphatic rings. The molecule has 0 spiro atoms. The number of rotatable bonds is 4. The van der Waals surface area contributed by atoms with E-state index in [2.05, 4.69) is 11.6 Å². The fourth-order valence-electron chi connectivity index (χ4n) is 2.70. The van der Waals surface area contributed by atoms with Crippen LogP contribution in [-0.4, -0.2) is 25.1 Å². The number of allylic oxidation sites excluding steroid dienone is 1. The van der Waals surface area contributed by atoms with E-state index in [9.17, 15) is 13.2 Å². The molecular formula is C20H20N2O3S2. The largest absolute Gasteiger partial charge is 0.312 e. The molecule has 0 N–H and O–H groups in total. The highest BCUT2D eigenvalue weighted by molar-refractivity contribution is 7.90. The first kappa shape index (κ1) is 19.3. The molecule has 0 saturated heterocycles. The zero-order valence-electron chi connectivity index (χ0n) is 15.4. The molecule has 0 aliphatic heterocycles. The number of fused-ring (bicyclic) bond motifs is 1. The number of hydrogen-bond donors (Lipinski definition) is 0. The molecule has 0 aliphatic carbocycles. The number of carbonyl (C=O) groups excluding carboxylic acids is 1. The maximum absolute atomic E-state index is 12.6. The van der Waals surface area contributed by atoms with Gasteiger partial charge >= 0.3 is 0 Å². The summed E-state index contributed by atoms with van der Waals surface area (Å²) in [6, 6.07) is 10.4. The summed E-state index contributed by atoms with van der Waals surface area (Å²) in [6.07, 6.45) is 2.89. The summed E-state index contributed by atoms with van der Waals surface area (Å²) >= 11 is 1.29. The summed E-state index contributed by atoms with van der Waals surface area (Å²) in [5, 5.41) is 0. The Kier molecular flexibility index (Phi) is 5.17. The number of aryl methyl sites for hydroxylation is 2. The van der Waals surface area contributed by atoms with Gasteiger partial charge in [-0.3, -0.25) is 4.79 Å². The second-order valence-corrected chi connectivity index (χ2v) is 9.43. The van der Waals surface area contributed by atoms with Crippen LogP contribution in [0.1, 0.15) is 21.5 Å². The monoisotopic (exact) mass is 400 g/mol. The minimum absolute atomic E-state index is 0.244. The second kappa shape index (κ2) is 7.25. The van der Waals surface area contributed by atoms with E-state index in [1.807, 2.05) is 30.5 Å². The summed E-state index contributed by atoms with van der Waals surface area (Å²) in [5.74, 6) is -0.328. The van der Waals surface area contributed by atoms with Gasteiger partial charge in [-0.25, -0.2) is 8.42 Å². The van der Waals surface area contributed by atoms with Crippen LogP contribution in [0.2, 0.25) is 0 Å². The number of sulfone groups is 1. The van der Waals surface area contributed by atoms with E-state index in [1.54, 1.807) is 30.3 Å².